The van der Waals surface area contributed by atoms with Crippen LogP contribution >= 0.6 is 0 Å². The van der Waals surface area contributed by atoms with Gasteiger partial charge in [0.2, 0.25) is 0 Å². The standard InChI is InChI=1S/C14H16N8O/c1-8-18-13-11(4-16-20(13)2)14(19-8)21-6-10(7-21)22-5-9(3-17-22)12(15)23/h3-5,10H,6-7H2,1-2H3,(H2,15,23). The molecule has 0 unspecified atom stereocenters. The minimum absolute atomic E-state index is 0.199. The molecule has 1 amide bonds. The molecular weight excluding hydrogens is 296 g/mol. The van der Waals surface area contributed by atoms with E-state index in [1.54, 1.807) is 21.8 Å². The molecule has 118 valence electrons. The van der Waals surface area contributed by atoms with E-state index in [-0.39, 0.29) is 6.04 Å². The first kappa shape index (κ1) is 13.7. The minimum atomic E-state index is -0.462. The van der Waals surface area contributed by atoms with E-state index in [2.05, 4.69) is 25.1 Å². The summed E-state index contributed by atoms with van der Waals surface area (Å²) in [5.74, 6) is 1.14. The lowest BCUT2D eigenvalue weighted by Crippen LogP contribution is -2.48. The van der Waals surface area contributed by atoms with Gasteiger partial charge in [-0.3, -0.25) is 14.2 Å². The van der Waals surface area contributed by atoms with Gasteiger partial charge < -0.3 is 10.6 Å². The van der Waals surface area contributed by atoms with Crippen LogP contribution in [0.1, 0.15) is 22.2 Å². The fourth-order valence-electron chi connectivity index (χ4n) is 2.81. The largest absolute Gasteiger partial charge is 0.366 e. The first-order valence-corrected chi connectivity index (χ1v) is 7.28. The Hall–Kier alpha value is -2.97. The number of nitrogens with zero attached hydrogens (tertiary/aromatic N) is 7. The first-order valence-electron chi connectivity index (χ1n) is 7.28. The number of hydrogen-bond acceptors (Lipinski definition) is 6. The Morgan fingerprint density at radius 3 is 2.74 bits per heavy atom. The maximum atomic E-state index is 11.1. The van der Waals surface area contributed by atoms with Crippen molar-refractivity contribution in [3.63, 3.8) is 0 Å². The molecule has 0 aromatic carbocycles. The van der Waals surface area contributed by atoms with Crippen LogP contribution < -0.4 is 10.6 Å². The number of aryl methyl sites for hydroxylation is 2. The van der Waals surface area contributed by atoms with Crippen molar-refractivity contribution in [3.05, 3.63) is 30.0 Å². The molecule has 3 aromatic heterocycles. The van der Waals surface area contributed by atoms with Crippen LogP contribution in [0.25, 0.3) is 11.0 Å². The molecule has 1 aliphatic heterocycles. The van der Waals surface area contributed by atoms with Gasteiger partial charge in [-0.15, -0.1) is 0 Å². The predicted molar refractivity (Wildman–Crippen MR) is 83.0 cm³/mol. The molecule has 23 heavy (non-hydrogen) atoms. The van der Waals surface area contributed by atoms with Crippen molar-refractivity contribution in [1.29, 1.82) is 0 Å². The highest BCUT2D eigenvalue weighted by molar-refractivity contribution is 5.92. The lowest BCUT2D eigenvalue weighted by molar-refractivity contribution is 0.1000. The zero-order valence-electron chi connectivity index (χ0n) is 12.8. The summed E-state index contributed by atoms with van der Waals surface area (Å²) >= 11 is 0. The summed E-state index contributed by atoms with van der Waals surface area (Å²) in [5, 5.41) is 9.41. The Bertz CT molecular complexity index is 905. The van der Waals surface area contributed by atoms with Crippen molar-refractivity contribution in [2.24, 2.45) is 12.8 Å². The molecular formula is C14H16N8O. The normalized spacial score (nSPS) is 15.1. The van der Waals surface area contributed by atoms with Gasteiger partial charge in [0.25, 0.3) is 5.91 Å². The summed E-state index contributed by atoms with van der Waals surface area (Å²) < 4.78 is 3.53. The number of amides is 1. The Morgan fingerprint density at radius 1 is 1.26 bits per heavy atom. The summed E-state index contributed by atoms with van der Waals surface area (Å²) in [6.45, 7) is 3.40. The van der Waals surface area contributed by atoms with Crippen LogP contribution in [0.2, 0.25) is 0 Å². The lowest BCUT2D eigenvalue weighted by atomic mass is 10.1. The van der Waals surface area contributed by atoms with E-state index in [9.17, 15) is 4.79 Å². The molecule has 4 rings (SSSR count). The number of fused-ring (bicyclic) bond motifs is 1. The van der Waals surface area contributed by atoms with E-state index >= 15 is 0 Å². The predicted octanol–water partition coefficient (Wildman–Crippen LogP) is 0.0284. The number of carbonyl (C=O) groups is 1. The van der Waals surface area contributed by atoms with Crippen LogP contribution in [0.15, 0.2) is 18.6 Å². The lowest BCUT2D eigenvalue weighted by Gasteiger charge is -2.40. The summed E-state index contributed by atoms with van der Waals surface area (Å²) in [6, 6.07) is 0.199. The quantitative estimate of drug-likeness (QED) is 0.731. The monoisotopic (exact) mass is 312 g/mol. The zero-order chi connectivity index (χ0) is 16.1. The van der Waals surface area contributed by atoms with E-state index in [4.69, 9.17) is 5.73 Å². The highest BCUT2D eigenvalue weighted by atomic mass is 16.1. The molecule has 1 fully saturated rings. The molecule has 4 heterocycles. The summed E-state index contributed by atoms with van der Waals surface area (Å²) in [5.41, 5.74) is 6.51. The van der Waals surface area contributed by atoms with Crippen molar-refractivity contribution in [2.75, 3.05) is 18.0 Å². The molecule has 0 spiro atoms. The third-order valence-electron chi connectivity index (χ3n) is 4.11. The molecule has 0 aliphatic carbocycles. The molecule has 9 heteroatoms. The summed E-state index contributed by atoms with van der Waals surface area (Å²) in [7, 11) is 1.87. The van der Waals surface area contributed by atoms with Crippen LogP contribution in [-0.2, 0) is 7.05 Å². The van der Waals surface area contributed by atoms with Gasteiger partial charge in [0, 0.05) is 26.3 Å². The Kier molecular flexibility index (Phi) is 2.83. The number of anilines is 1. The van der Waals surface area contributed by atoms with Crippen molar-refractivity contribution in [2.45, 2.75) is 13.0 Å². The Labute approximate surface area is 131 Å². The summed E-state index contributed by atoms with van der Waals surface area (Å²) in [6.07, 6.45) is 4.98. The number of primary amides is 1. The molecule has 0 atom stereocenters. The average molecular weight is 312 g/mol. The number of hydrogen-bond donors (Lipinski definition) is 1. The van der Waals surface area contributed by atoms with Crippen LogP contribution in [0.5, 0.6) is 0 Å². The van der Waals surface area contributed by atoms with Gasteiger partial charge in [0.05, 0.1) is 29.4 Å². The highest BCUT2D eigenvalue weighted by Gasteiger charge is 2.32. The number of rotatable bonds is 3. The van der Waals surface area contributed by atoms with E-state index in [1.165, 1.54) is 6.20 Å². The van der Waals surface area contributed by atoms with Crippen molar-refractivity contribution in [1.82, 2.24) is 29.5 Å². The smallest absolute Gasteiger partial charge is 0.251 e. The molecule has 1 aliphatic rings. The second-order valence-corrected chi connectivity index (χ2v) is 5.73. The Balaban J connectivity index is 1.59. The van der Waals surface area contributed by atoms with Crippen LogP contribution in [-0.4, -0.2) is 48.5 Å². The van der Waals surface area contributed by atoms with E-state index in [1.807, 2.05) is 14.0 Å². The highest BCUT2D eigenvalue weighted by Crippen LogP contribution is 2.31. The van der Waals surface area contributed by atoms with Gasteiger partial charge >= 0.3 is 0 Å². The molecule has 1 saturated heterocycles. The summed E-state index contributed by atoms with van der Waals surface area (Å²) in [4.78, 5) is 22.3. The second kappa shape index (κ2) is 4.77. The molecule has 9 nitrogen and oxygen atoms in total. The fraction of sp³-hybridized carbons (Fsp3) is 0.357. The number of aromatic nitrogens is 6. The molecule has 0 saturated carbocycles. The van der Waals surface area contributed by atoms with Gasteiger partial charge in [-0.2, -0.15) is 10.2 Å². The third-order valence-corrected chi connectivity index (χ3v) is 4.11. The van der Waals surface area contributed by atoms with Gasteiger partial charge in [0.1, 0.15) is 11.6 Å². The topological polar surface area (TPSA) is 108 Å². The van der Waals surface area contributed by atoms with E-state index < -0.39 is 5.91 Å². The van der Waals surface area contributed by atoms with Gasteiger partial charge in [-0.25, -0.2) is 9.97 Å². The zero-order valence-corrected chi connectivity index (χ0v) is 12.8. The first-order chi connectivity index (χ1) is 11.0. The molecule has 0 bridgehead atoms. The molecule has 2 N–H and O–H groups in total. The number of nitrogens with two attached hydrogens (primary N) is 1. The van der Waals surface area contributed by atoms with Crippen molar-refractivity contribution in [3.8, 4) is 0 Å². The van der Waals surface area contributed by atoms with Gasteiger partial charge in [0.15, 0.2) is 5.65 Å². The third kappa shape index (κ3) is 2.12. The van der Waals surface area contributed by atoms with Crippen LogP contribution in [0.3, 0.4) is 0 Å². The van der Waals surface area contributed by atoms with E-state index in [0.29, 0.717) is 5.56 Å². The second-order valence-electron chi connectivity index (χ2n) is 5.73. The maximum Gasteiger partial charge on any atom is 0.251 e. The SMILES string of the molecule is Cc1nc(N2CC(n3cc(C(N)=O)cn3)C2)c2cnn(C)c2n1. The van der Waals surface area contributed by atoms with E-state index in [0.717, 1.165) is 35.8 Å². The van der Waals surface area contributed by atoms with Gasteiger partial charge in [-0.1, -0.05) is 0 Å². The number of carbonyl (C=O) groups excluding carboxylic acids is 1. The minimum Gasteiger partial charge on any atom is -0.366 e. The van der Waals surface area contributed by atoms with Gasteiger partial charge in [-0.05, 0) is 6.92 Å². The van der Waals surface area contributed by atoms with Crippen LogP contribution in [0, 0.1) is 6.92 Å². The Morgan fingerprint density at radius 2 is 2.04 bits per heavy atom. The van der Waals surface area contributed by atoms with Crippen molar-refractivity contribution < 1.29 is 4.79 Å². The fourth-order valence-corrected chi connectivity index (χ4v) is 2.81. The average Bonchev–Trinajstić information content (AvgIpc) is 3.06. The molecule has 0 radical (unpaired) electrons. The maximum absolute atomic E-state index is 11.1. The molecule has 3 aromatic rings. The van der Waals surface area contributed by atoms with Crippen LogP contribution in [0.4, 0.5) is 5.82 Å². The van der Waals surface area contributed by atoms with Crippen molar-refractivity contribution >= 4 is 22.8 Å².